The normalized spacial score (nSPS) is 10.8. The van der Waals surface area contributed by atoms with Gasteiger partial charge in [-0.05, 0) is 0 Å². The van der Waals surface area contributed by atoms with Crippen molar-refractivity contribution >= 4 is 29.6 Å². The summed E-state index contributed by atoms with van der Waals surface area (Å²) in [6.45, 7) is -1.55. The molecular weight excluding hydrogens is 149 g/mol. The van der Waals surface area contributed by atoms with Crippen LogP contribution in [0.2, 0.25) is 0 Å². The van der Waals surface area contributed by atoms with Crippen molar-refractivity contribution in [2.75, 3.05) is 19.8 Å². The standard InChI is InChI=1S/C4H11NO4.Na/c6-1-4(2-7,3-8)5-9;/h5-9H,1-3H2;. The summed E-state index contributed by atoms with van der Waals surface area (Å²) in [6.07, 6.45) is 0. The number of aliphatic hydroxyl groups excluding tert-OH is 3. The van der Waals surface area contributed by atoms with Crippen LogP contribution in [0.4, 0.5) is 0 Å². The summed E-state index contributed by atoms with van der Waals surface area (Å²) in [4.78, 5) is 0. The third kappa shape index (κ3) is 3.27. The molecule has 0 unspecified atom stereocenters. The Bertz CT molecular complexity index is 60.1. The van der Waals surface area contributed by atoms with Crippen LogP contribution in [0.5, 0.6) is 0 Å². The minimum atomic E-state index is -1.36. The Kier molecular flexibility index (Phi) is 8.71. The fourth-order valence-electron chi connectivity index (χ4n) is 0.256. The Morgan fingerprint density at radius 3 is 1.30 bits per heavy atom. The summed E-state index contributed by atoms with van der Waals surface area (Å²) in [5, 5.41) is 33.5. The van der Waals surface area contributed by atoms with Gasteiger partial charge < -0.3 is 20.5 Å². The van der Waals surface area contributed by atoms with Crippen LogP contribution in [0.1, 0.15) is 0 Å². The Morgan fingerprint density at radius 1 is 1.00 bits per heavy atom. The smallest absolute Gasteiger partial charge is 0.112 e. The largest absolute Gasteiger partial charge is 0.394 e. The van der Waals surface area contributed by atoms with E-state index in [0.717, 1.165) is 0 Å². The van der Waals surface area contributed by atoms with Crippen LogP contribution in [0.15, 0.2) is 0 Å². The zero-order valence-corrected chi connectivity index (χ0v) is 7.91. The monoisotopic (exact) mass is 160 g/mol. The topological polar surface area (TPSA) is 93.0 Å². The van der Waals surface area contributed by atoms with Crippen LogP contribution in [-0.2, 0) is 0 Å². The second-order valence-corrected chi connectivity index (χ2v) is 1.87. The van der Waals surface area contributed by atoms with Crippen molar-refractivity contribution in [2.24, 2.45) is 0 Å². The summed E-state index contributed by atoms with van der Waals surface area (Å²) in [5.74, 6) is 0. The van der Waals surface area contributed by atoms with Gasteiger partial charge in [0.25, 0.3) is 0 Å². The van der Waals surface area contributed by atoms with Gasteiger partial charge in [0.1, 0.15) is 5.54 Å². The maximum absolute atomic E-state index is 8.43. The van der Waals surface area contributed by atoms with Gasteiger partial charge in [0.05, 0.1) is 19.8 Å². The molecule has 0 heterocycles. The molecule has 10 heavy (non-hydrogen) atoms. The maximum Gasteiger partial charge on any atom is 0.112 e. The number of hydroxylamine groups is 1. The molecule has 0 aliphatic carbocycles. The minimum Gasteiger partial charge on any atom is -0.394 e. The molecule has 0 aromatic carbocycles. The van der Waals surface area contributed by atoms with Gasteiger partial charge in [0.15, 0.2) is 0 Å². The molecule has 0 bridgehead atoms. The molecule has 0 saturated carbocycles. The Balaban J connectivity index is 0. The van der Waals surface area contributed by atoms with E-state index in [1.807, 2.05) is 0 Å². The van der Waals surface area contributed by atoms with E-state index in [-0.39, 0.29) is 29.6 Å². The van der Waals surface area contributed by atoms with Gasteiger partial charge in [0, 0.05) is 29.6 Å². The molecule has 0 aromatic rings. The first-order valence-corrected chi connectivity index (χ1v) is 2.48. The molecule has 0 spiro atoms. The fourth-order valence-corrected chi connectivity index (χ4v) is 0.256. The molecule has 5 N–H and O–H groups in total. The molecular formula is C4H11NNaO4. The van der Waals surface area contributed by atoms with Crippen LogP contribution in [0.25, 0.3) is 0 Å². The maximum atomic E-state index is 8.43. The van der Waals surface area contributed by atoms with Crippen molar-refractivity contribution in [2.45, 2.75) is 5.54 Å². The zero-order valence-electron chi connectivity index (χ0n) is 5.91. The van der Waals surface area contributed by atoms with E-state index < -0.39 is 25.4 Å². The van der Waals surface area contributed by atoms with Crippen molar-refractivity contribution in [1.82, 2.24) is 5.48 Å². The predicted molar refractivity (Wildman–Crippen MR) is 34.7 cm³/mol. The van der Waals surface area contributed by atoms with E-state index in [1.54, 1.807) is 5.48 Å². The number of hydrogen-bond donors (Lipinski definition) is 5. The molecule has 1 radical (unpaired) electrons. The van der Waals surface area contributed by atoms with E-state index in [2.05, 4.69) is 0 Å². The Labute approximate surface area is 80.9 Å². The third-order valence-corrected chi connectivity index (χ3v) is 1.15. The van der Waals surface area contributed by atoms with E-state index >= 15 is 0 Å². The third-order valence-electron chi connectivity index (χ3n) is 1.15. The molecule has 0 aromatic heterocycles. The van der Waals surface area contributed by atoms with Crippen molar-refractivity contribution in [1.29, 1.82) is 0 Å². The summed E-state index contributed by atoms with van der Waals surface area (Å²) >= 11 is 0. The predicted octanol–water partition coefficient (Wildman–Crippen LogP) is -2.70. The minimum absolute atomic E-state index is 0. The van der Waals surface area contributed by atoms with Gasteiger partial charge in [-0.1, -0.05) is 0 Å². The summed E-state index contributed by atoms with van der Waals surface area (Å²) in [5.41, 5.74) is 0.253. The zero-order chi connectivity index (χ0) is 7.33. The molecule has 0 atom stereocenters. The first-order chi connectivity index (χ1) is 4.24. The number of rotatable bonds is 4. The molecule has 0 fully saturated rings. The van der Waals surface area contributed by atoms with Crippen molar-refractivity contribution < 1.29 is 20.5 Å². The Morgan fingerprint density at radius 2 is 1.30 bits per heavy atom. The second kappa shape index (κ2) is 6.51. The first kappa shape index (κ1) is 13.4. The second-order valence-electron chi connectivity index (χ2n) is 1.87. The molecule has 57 valence electrons. The molecule has 6 heteroatoms. The van der Waals surface area contributed by atoms with Crippen molar-refractivity contribution in [3.8, 4) is 0 Å². The average molecular weight is 160 g/mol. The van der Waals surface area contributed by atoms with Crippen LogP contribution >= 0.6 is 0 Å². The van der Waals surface area contributed by atoms with Gasteiger partial charge in [-0.25, -0.2) is 0 Å². The molecule has 0 saturated heterocycles. The molecule has 0 aliphatic heterocycles. The van der Waals surface area contributed by atoms with Gasteiger partial charge in [0.2, 0.25) is 0 Å². The summed E-state index contributed by atoms with van der Waals surface area (Å²) in [7, 11) is 0. The molecule has 0 amide bonds. The first-order valence-electron chi connectivity index (χ1n) is 2.48. The molecule has 0 rings (SSSR count). The average Bonchev–Trinajstić information content (AvgIpc) is 1.95. The van der Waals surface area contributed by atoms with Crippen LogP contribution in [-0.4, -0.2) is 75.4 Å². The van der Waals surface area contributed by atoms with Crippen LogP contribution < -0.4 is 5.48 Å². The van der Waals surface area contributed by atoms with Gasteiger partial charge in [-0.2, -0.15) is 5.48 Å². The fraction of sp³-hybridized carbons (Fsp3) is 1.00. The van der Waals surface area contributed by atoms with Crippen molar-refractivity contribution in [3.63, 3.8) is 0 Å². The number of hydrogen-bond acceptors (Lipinski definition) is 5. The van der Waals surface area contributed by atoms with Crippen LogP contribution in [0.3, 0.4) is 0 Å². The number of nitrogens with one attached hydrogen (secondary N) is 1. The van der Waals surface area contributed by atoms with Crippen LogP contribution in [0, 0.1) is 0 Å². The van der Waals surface area contributed by atoms with Gasteiger partial charge in [-0.3, -0.25) is 0 Å². The quantitative estimate of drug-likeness (QED) is 0.228. The number of aliphatic hydroxyl groups is 3. The Hall–Kier alpha value is 0.800. The SMILES string of the molecule is OCC(CO)(CO)NO.[Na]. The summed E-state index contributed by atoms with van der Waals surface area (Å²) < 4.78 is 0. The van der Waals surface area contributed by atoms with E-state index in [1.165, 1.54) is 0 Å². The summed E-state index contributed by atoms with van der Waals surface area (Å²) in [6, 6.07) is 0. The van der Waals surface area contributed by atoms with E-state index in [4.69, 9.17) is 20.5 Å². The molecule has 0 aliphatic rings. The van der Waals surface area contributed by atoms with Gasteiger partial charge >= 0.3 is 0 Å². The van der Waals surface area contributed by atoms with E-state index in [9.17, 15) is 0 Å². The van der Waals surface area contributed by atoms with Crippen molar-refractivity contribution in [3.05, 3.63) is 0 Å². The van der Waals surface area contributed by atoms with E-state index in [0.29, 0.717) is 0 Å². The molecule has 5 nitrogen and oxygen atoms in total. The van der Waals surface area contributed by atoms with Gasteiger partial charge in [-0.15, -0.1) is 0 Å².